The number of nitrogens with zero attached hydrogens (tertiary/aromatic N) is 5. The molecule has 0 atom stereocenters. The van der Waals surface area contributed by atoms with E-state index in [9.17, 15) is 4.79 Å². The number of pyridine rings is 1. The van der Waals surface area contributed by atoms with Gasteiger partial charge in [-0.05, 0) is 13.8 Å². The lowest BCUT2D eigenvalue weighted by molar-refractivity contribution is 0.774. The van der Waals surface area contributed by atoms with Gasteiger partial charge in [0.05, 0.1) is 27.7 Å². The second-order valence-electron chi connectivity index (χ2n) is 4.96. The molecule has 0 aliphatic carbocycles. The van der Waals surface area contributed by atoms with Crippen molar-refractivity contribution in [3.8, 4) is 0 Å². The number of aryl methyl sites for hydroxylation is 3. The summed E-state index contributed by atoms with van der Waals surface area (Å²) < 4.78 is 3.47. The van der Waals surface area contributed by atoms with E-state index in [4.69, 9.17) is 0 Å². The van der Waals surface area contributed by atoms with Crippen molar-refractivity contribution >= 4 is 27.6 Å². The van der Waals surface area contributed by atoms with Gasteiger partial charge in [0.2, 0.25) is 0 Å². The van der Waals surface area contributed by atoms with Crippen molar-refractivity contribution in [3.05, 3.63) is 34.0 Å². The molecule has 4 heterocycles. The maximum absolute atomic E-state index is 12.2. The van der Waals surface area contributed by atoms with E-state index in [0.717, 1.165) is 27.9 Å². The van der Waals surface area contributed by atoms with Crippen LogP contribution in [-0.2, 0) is 7.05 Å². The Labute approximate surface area is 112 Å². The highest BCUT2D eigenvalue weighted by molar-refractivity contribution is 6.03. The lowest BCUT2D eigenvalue weighted by atomic mass is 10.2. The van der Waals surface area contributed by atoms with Crippen LogP contribution in [0.1, 0.15) is 11.4 Å². The van der Waals surface area contributed by atoms with Crippen molar-refractivity contribution in [3.63, 3.8) is 0 Å². The Morgan fingerprint density at radius 2 is 2.05 bits per heavy atom. The predicted molar refractivity (Wildman–Crippen MR) is 74.9 cm³/mol. The van der Waals surface area contributed by atoms with E-state index in [1.54, 1.807) is 15.4 Å². The van der Waals surface area contributed by atoms with E-state index in [1.807, 2.05) is 27.0 Å². The van der Waals surface area contributed by atoms with Gasteiger partial charge in [-0.3, -0.25) is 9.48 Å². The Bertz CT molecular complexity index is 1050. The first-order valence-corrected chi connectivity index (χ1v) is 6.27. The van der Waals surface area contributed by atoms with Crippen molar-refractivity contribution in [2.45, 2.75) is 13.8 Å². The molecule has 7 heteroatoms. The van der Waals surface area contributed by atoms with Crippen LogP contribution in [0.25, 0.3) is 27.6 Å². The molecule has 0 bridgehead atoms. The van der Waals surface area contributed by atoms with Crippen LogP contribution in [0.2, 0.25) is 0 Å². The molecule has 0 aromatic carbocycles. The zero-order chi connectivity index (χ0) is 14.0. The number of fused-ring (bicyclic) bond motifs is 5. The van der Waals surface area contributed by atoms with Crippen LogP contribution in [0, 0.1) is 13.8 Å². The number of H-pyrrole nitrogens is 1. The van der Waals surface area contributed by atoms with Crippen LogP contribution in [0.5, 0.6) is 0 Å². The first-order chi connectivity index (χ1) is 9.56. The minimum atomic E-state index is -0.162. The molecular formula is C13H12N6O. The van der Waals surface area contributed by atoms with Gasteiger partial charge in [0, 0.05) is 19.3 Å². The molecule has 1 N–H and O–H groups in total. The SMILES string of the molecule is Cc1cc2[nH]c(=O)c3cnc4c(c(C)nn4C)c3n2n1. The van der Waals surface area contributed by atoms with Crippen LogP contribution in [0.3, 0.4) is 0 Å². The quantitative estimate of drug-likeness (QED) is 0.517. The molecule has 20 heavy (non-hydrogen) atoms. The number of hydrogen-bond donors (Lipinski definition) is 1. The van der Waals surface area contributed by atoms with Crippen molar-refractivity contribution in [2.75, 3.05) is 0 Å². The molecule has 0 fully saturated rings. The Kier molecular flexibility index (Phi) is 1.92. The van der Waals surface area contributed by atoms with E-state index in [0.29, 0.717) is 11.0 Å². The highest BCUT2D eigenvalue weighted by Gasteiger charge is 2.16. The van der Waals surface area contributed by atoms with E-state index in [1.165, 1.54) is 0 Å². The number of nitrogens with one attached hydrogen (secondary N) is 1. The minimum absolute atomic E-state index is 0.162. The first kappa shape index (κ1) is 11.2. The summed E-state index contributed by atoms with van der Waals surface area (Å²) in [5.74, 6) is 0. The predicted octanol–water partition coefficient (Wildman–Crippen LogP) is 1.07. The van der Waals surface area contributed by atoms with Crippen LogP contribution in [-0.4, -0.2) is 29.4 Å². The second-order valence-corrected chi connectivity index (χ2v) is 4.96. The largest absolute Gasteiger partial charge is 0.306 e. The standard InChI is InChI=1S/C13H12N6O/c1-6-4-9-15-13(20)8-5-14-12-10(7(2)17-18(12)3)11(8)19(9)16-6/h4-5H,1-3H3,(H,15,20). The van der Waals surface area contributed by atoms with Crippen LogP contribution in [0.4, 0.5) is 0 Å². The molecule has 4 rings (SSSR count). The van der Waals surface area contributed by atoms with Gasteiger partial charge >= 0.3 is 0 Å². The van der Waals surface area contributed by atoms with Gasteiger partial charge in [-0.25, -0.2) is 9.50 Å². The summed E-state index contributed by atoms with van der Waals surface area (Å²) in [4.78, 5) is 19.4. The Balaban J connectivity index is 2.45. The van der Waals surface area contributed by atoms with Crippen molar-refractivity contribution in [2.24, 2.45) is 7.05 Å². The average molecular weight is 268 g/mol. The fourth-order valence-corrected chi connectivity index (χ4v) is 2.72. The molecule has 0 unspecified atom stereocenters. The molecule has 0 amide bonds. The van der Waals surface area contributed by atoms with Crippen LogP contribution in [0.15, 0.2) is 17.1 Å². The maximum Gasteiger partial charge on any atom is 0.260 e. The molecule has 4 aromatic heterocycles. The van der Waals surface area contributed by atoms with Gasteiger partial charge in [-0.15, -0.1) is 0 Å². The molecule has 0 aliphatic heterocycles. The van der Waals surface area contributed by atoms with Gasteiger partial charge < -0.3 is 4.98 Å². The monoisotopic (exact) mass is 268 g/mol. The summed E-state index contributed by atoms with van der Waals surface area (Å²) in [6.07, 6.45) is 1.58. The zero-order valence-corrected chi connectivity index (χ0v) is 11.3. The van der Waals surface area contributed by atoms with Gasteiger partial charge in [0.1, 0.15) is 5.65 Å². The van der Waals surface area contributed by atoms with Crippen molar-refractivity contribution in [1.29, 1.82) is 0 Å². The summed E-state index contributed by atoms with van der Waals surface area (Å²) in [6, 6.07) is 1.85. The van der Waals surface area contributed by atoms with E-state index < -0.39 is 0 Å². The third kappa shape index (κ3) is 1.24. The topological polar surface area (TPSA) is 80.9 Å². The molecule has 0 spiro atoms. The summed E-state index contributed by atoms with van der Waals surface area (Å²) in [5, 5.41) is 10.2. The first-order valence-electron chi connectivity index (χ1n) is 6.27. The fourth-order valence-electron chi connectivity index (χ4n) is 2.72. The molecular weight excluding hydrogens is 256 g/mol. The second kappa shape index (κ2) is 3.44. The van der Waals surface area contributed by atoms with Crippen molar-refractivity contribution < 1.29 is 0 Å². The average Bonchev–Trinajstić information content (AvgIpc) is 2.90. The molecule has 0 saturated heterocycles. The van der Waals surface area contributed by atoms with E-state index >= 15 is 0 Å². The molecule has 100 valence electrons. The fraction of sp³-hybridized carbons (Fsp3) is 0.231. The molecule has 7 nitrogen and oxygen atoms in total. The Morgan fingerprint density at radius 1 is 1.25 bits per heavy atom. The van der Waals surface area contributed by atoms with Crippen LogP contribution < -0.4 is 5.56 Å². The summed E-state index contributed by atoms with van der Waals surface area (Å²) >= 11 is 0. The molecule has 0 radical (unpaired) electrons. The third-order valence-corrected chi connectivity index (χ3v) is 3.53. The van der Waals surface area contributed by atoms with Crippen LogP contribution >= 0.6 is 0 Å². The summed E-state index contributed by atoms with van der Waals surface area (Å²) in [5.41, 5.74) is 3.70. The number of aromatic amines is 1. The van der Waals surface area contributed by atoms with Gasteiger partial charge in [-0.1, -0.05) is 0 Å². The zero-order valence-electron chi connectivity index (χ0n) is 11.3. The minimum Gasteiger partial charge on any atom is -0.306 e. The van der Waals surface area contributed by atoms with Gasteiger partial charge in [-0.2, -0.15) is 10.2 Å². The van der Waals surface area contributed by atoms with E-state index in [2.05, 4.69) is 20.2 Å². The van der Waals surface area contributed by atoms with Gasteiger partial charge in [0.25, 0.3) is 5.56 Å². The number of rotatable bonds is 0. The maximum atomic E-state index is 12.2. The third-order valence-electron chi connectivity index (χ3n) is 3.53. The lowest BCUT2D eigenvalue weighted by Crippen LogP contribution is -2.11. The summed E-state index contributed by atoms with van der Waals surface area (Å²) in [6.45, 7) is 3.80. The lowest BCUT2D eigenvalue weighted by Gasteiger charge is -2.03. The Morgan fingerprint density at radius 3 is 2.85 bits per heavy atom. The van der Waals surface area contributed by atoms with Gasteiger partial charge in [0.15, 0.2) is 5.65 Å². The molecule has 4 aromatic rings. The Hall–Kier alpha value is -2.70. The number of aromatic nitrogens is 6. The smallest absolute Gasteiger partial charge is 0.260 e. The highest BCUT2D eigenvalue weighted by Crippen LogP contribution is 2.24. The van der Waals surface area contributed by atoms with E-state index in [-0.39, 0.29) is 5.56 Å². The molecule has 0 saturated carbocycles. The highest BCUT2D eigenvalue weighted by atomic mass is 16.1. The normalized spacial score (nSPS) is 11.9. The number of hydrogen-bond acceptors (Lipinski definition) is 4. The summed E-state index contributed by atoms with van der Waals surface area (Å²) in [7, 11) is 1.84. The molecule has 0 aliphatic rings. The van der Waals surface area contributed by atoms with Crippen molar-refractivity contribution in [1.82, 2.24) is 29.4 Å².